The van der Waals surface area contributed by atoms with E-state index in [0.717, 1.165) is 38.5 Å². The lowest BCUT2D eigenvalue weighted by molar-refractivity contribution is -0.870. The average Bonchev–Trinajstić information content (AvgIpc) is 3.19. The summed E-state index contributed by atoms with van der Waals surface area (Å²) in [5.41, 5.74) is 0. The fraction of sp³-hybridized carbons (Fsp3) is 0.940. The maximum Gasteiger partial charge on any atom is 0.361 e. The molecule has 0 bridgehead atoms. The third kappa shape index (κ3) is 44.2. The number of carbonyl (C=O) groups is 3. The predicted octanol–water partition coefficient (Wildman–Crippen LogP) is 13.7. The van der Waals surface area contributed by atoms with E-state index in [1.807, 2.05) is 21.1 Å². The molecule has 0 aromatic rings. The van der Waals surface area contributed by atoms with Gasteiger partial charge in [0.05, 0.1) is 34.4 Å². The number of carboxylic acids is 1. The number of hydrogen-bond acceptors (Lipinski definition) is 7. The summed E-state index contributed by atoms with van der Waals surface area (Å²) < 4.78 is 22.6. The van der Waals surface area contributed by atoms with Crippen LogP contribution in [-0.2, 0) is 33.3 Å². The molecule has 59 heavy (non-hydrogen) atoms. The van der Waals surface area contributed by atoms with Crippen molar-refractivity contribution in [3.05, 3.63) is 0 Å². The number of carbonyl (C=O) groups excluding carboxylic acids is 2. The fourth-order valence-corrected chi connectivity index (χ4v) is 7.43. The SMILES string of the molecule is CCCCCCCCCCCCCCCCCCCCCCCCCCCCCCC(=O)OC(COC(=O)CCCCCCCC)COC(OCC[N+](C)(C)C)C(=O)O. The summed E-state index contributed by atoms with van der Waals surface area (Å²) in [6.45, 7) is 4.84. The van der Waals surface area contributed by atoms with Crippen LogP contribution in [0.1, 0.15) is 245 Å². The molecule has 0 aromatic carbocycles. The fourth-order valence-electron chi connectivity index (χ4n) is 7.43. The third-order valence-electron chi connectivity index (χ3n) is 11.4. The van der Waals surface area contributed by atoms with Crippen molar-refractivity contribution in [2.24, 2.45) is 0 Å². The van der Waals surface area contributed by atoms with Gasteiger partial charge in [-0.3, -0.25) is 9.59 Å². The van der Waals surface area contributed by atoms with Crippen molar-refractivity contribution in [2.45, 2.75) is 257 Å². The van der Waals surface area contributed by atoms with Gasteiger partial charge in [0.1, 0.15) is 13.2 Å². The number of aliphatic carboxylic acids is 1. The first-order chi connectivity index (χ1) is 28.6. The molecule has 0 aromatic heterocycles. The summed E-state index contributed by atoms with van der Waals surface area (Å²) in [6.07, 6.45) is 42.2. The van der Waals surface area contributed by atoms with Crippen molar-refractivity contribution in [1.82, 2.24) is 0 Å². The second-order valence-corrected chi connectivity index (χ2v) is 18.5. The van der Waals surface area contributed by atoms with Gasteiger partial charge in [-0.2, -0.15) is 0 Å². The van der Waals surface area contributed by atoms with Crippen LogP contribution in [-0.4, -0.2) is 87.4 Å². The summed E-state index contributed by atoms with van der Waals surface area (Å²) in [5.74, 6) is -2.00. The molecule has 0 saturated carbocycles. The van der Waals surface area contributed by atoms with Crippen LogP contribution in [0, 0.1) is 0 Å². The highest BCUT2D eigenvalue weighted by Crippen LogP contribution is 2.17. The number of likely N-dealkylation sites (N-methyl/N-ethyl adjacent to an activating group) is 1. The number of nitrogens with zero attached hydrogens (tertiary/aromatic N) is 1. The lowest BCUT2D eigenvalue weighted by Crippen LogP contribution is -2.40. The zero-order valence-electron chi connectivity index (χ0n) is 39.7. The molecule has 0 fully saturated rings. The minimum Gasteiger partial charge on any atom is -0.477 e. The van der Waals surface area contributed by atoms with Crippen LogP contribution in [0.4, 0.5) is 0 Å². The molecule has 0 radical (unpaired) electrons. The summed E-state index contributed by atoms with van der Waals surface area (Å²) >= 11 is 0. The van der Waals surface area contributed by atoms with Crippen molar-refractivity contribution in [1.29, 1.82) is 0 Å². The topological polar surface area (TPSA) is 108 Å². The van der Waals surface area contributed by atoms with Gasteiger partial charge in [-0.05, 0) is 12.8 Å². The molecule has 0 heterocycles. The zero-order chi connectivity index (χ0) is 43.5. The van der Waals surface area contributed by atoms with Gasteiger partial charge in [0, 0.05) is 12.8 Å². The maximum atomic E-state index is 12.7. The first-order valence-corrected chi connectivity index (χ1v) is 25.2. The van der Waals surface area contributed by atoms with Gasteiger partial charge in [0.2, 0.25) is 0 Å². The summed E-state index contributed by atoms with van der Waals surface area (Å²) in [5, 5.41) is 9.60. The van der Waals surface area contributed by atoms with Gasteiger partial charge in [-0.25, -0.2) is 4.79 Å². The van der Waals surface area contributed by atoms with Gasteiger partial charge in [0.15, 0.2) is 6.10 Å². The van der Waals surface area contributed by atoms with E-state index in [4.69, 9.17) is 18.9 Å². The largest absolute Gasteiger partial charge is 0.477 e. The van der Waals surface area contributed by atoms with Gasteiger partial charge < -0.3 is 28.5 Å². The van der Waals surface area contributed by atoms with E-state index in [-0.39, 0.29) is 32.2 Å². The van der Waals surface area contributed by atoms with Crippen LogP contribution in [0.2, 0.25) is 0 Å². The minimum atomic E-state index is -1.50. The Kier molecular flexibility index (Phi) is 41.7. The van der Waals surface area contributed by atoms with E-state index >= 15 is 0 Å². The van der Waals surface area contributed by atoms with Crippen molar-refractivity contribution >= 4 is 17.9 Å². The standard InChI is InChI=1S/C50H97NO8/c1-6-8-10-12-14-15-16-17-18-19-20-21-22-23-24-25-26-27-28-29-30-31-32-33-34-35-37-39-41-48(53)59-46(44-57-47(52)40-38-36-13-11-9-7-2)45-58-50(49(54)55)56-43-42-51(3,4)5/h46,50H,6-45H2,1-5H3/p+1. The molecule has 0 aliphatic rings. The lowest BCUT2D eigenvalue weighted by atomic mass is 10.0. The van der Waals surface area contributed by atoms with E-state index in [9.17, 15) is 19.5 Å². The Labute approximate surface area is 364 Å². The van der Waals surface area contributed by atoms with Crippen molar-refractivity contribution in [3.63, 3.8) is 0 Å². The number of ether oxygens (including phenoxy) is 4. The van der Waals surface area contributed by atoms with Crippen LogP contribution in [0.25, 0.3) is 0 Å². The molecule has 0 rings (SSSR count). The number of quaternary nitrogens is 1. The smallest absolute Gasteiger partial charge is 0.361 e. The molecule has 350 valence electrons. The molecule has 0 aliphatic heterocycles. The first-order valence-electron chi connectivity index (χ1n) is 25.2. The Bertz CT molecular complexity index is 938. The number of unbranched alkanes of at least 4 members (excludes halogenated alkanes) is 32. The summed E-state index contributed by atoms with van der Waals surface area (Å²) in [7, 11) is 5.96. The summed E-state index contributed by atoms with van der Waals surface area (Å²) in [4.78, 5) is 36.9. The van der Waals surface area contributed by atoms with Gasteiger partial charge in [0.25, 0.3) is 6.29 Å². The van der Waals surface area contributed by atoms with E-state index in [1.165, 1.54) is 180 Å². The zero-order valence-corrected chi connectivity index (χ0v) is 39.7. The quantitative estimate of drug-likeness (QED) is 0.0279. The lowest BCUT2D eigenvalue weighted by Gasteiger charge is -2.25. The molecular weight excluding hydrogens is 743 g/mol. The monoisotopic (exact) mass is 841 g/mol. The van der Waals surface area contributed by atoms with E-state index in [2.05, 4.69) is 13.8 Å². The Balaban J connectivity index is 3.98. The van der Waals surface area contributed by atoms with E-state index in [0.29, 0.717) is 17.4 Å². The number of rotatable bonds is 47. The van der Waals surface area contributed by atoms with Crippen molar-refractivity contribution in [3.8, 4) is 0 Å². The Morgan fingerprint density at radius 2 is 0.763 bits per heavy atom. The molecule has 2 unspecified atom stereocenters. The molecule has 9 heteroatoms. The molecule has 0 saturated heterocycles. The second kappa shape index (κ2) is 43.0. The van der Waals surface area contributed by atoms with Crippen LogP contribution in [0.5, 0.6) is 0 Å². The van der Waals surface area contributed by atoms with Crippen molar-refractivity contribution in [2.75, 3.05) is 47.5 Å². The Morgan fingerprint density at radius 3 is 1.08 bits per heavy atom. The normalized spacial score (nSPS) is 12.8. The van der Waals surface area contributed by atoms with Crippen LogP contribution in [0.15, 0.2) is 0 Å². The Morgan fingerprint density at radius 1 is 0.441 bits per heavy atom. The van der Waals surface area contributed by atoms with Gasteiger partial charge >= 0.3 is 17.9 Å². The molecule has 2 atom stereocenters. The van der Waals surface area contributed by atoms with Crippen molar-refractivity contribution < 1.29 is 42.9 Å². The van der Waals surface area contributed by atoms with Gasteiger partial charge in [-0.15, -0.1) is 0 Å². The molecular formula is C50H98NO8+. The number of esters is 2. The number of hydrogen-bond donors (Lipinski definition) is 1. The average molecular weight is 841 g/mol. The first kappa shape index (κ1) is 57.3. The van der Waals surface area contributed by atoms with Gasteiger partial charge in [-0.1, -0.05) is 219 Å². The third-order valence-corrected chi connectivity index (χ3v) is 11.4. The molecule has 0 amide bonds. The molecule has 9 nitrogen and oxygen atoms in total. The molecule has 0 spiro atoms. The van der Waals surface area contributed by atoms with E-state index < -0.39 is 24.3 Å². The predicted molar refractivity (Wildman–Crippen MR) is 245 cm³/mol. The highest BCUT2D eigenvalue weighted by Gasteiger charge is 2.25. The second-order valence-electron chi connectivity index (χ2n) is 18.5. The van der Waals surface area contributed by atoms with Crippen LogP contribution in [0.3, 0.4) is 0 Å². The summed E-state index contributed by atoms with van der Waals surface area (Å²) in [6, 6.07) is 0. The minimum absolute atomic E-state index is 0.175. The Hall–Kier alpha value is -1.71. The molecule has 0 aliphatic carbocycles. The highest BCUT2D eigenvalue weighted by molar-refractivity contribution is 5.71. The van der Waals surface area contributed by atoms with Crippen LogP contribution >= 0.6 is 0 Å². The maximum absolute atomic E-state index is 12.7. The van der Waals surface area contributed by atoms with Crippen LogP contribution < -0.4 is 0 Å². The van der Waals surface area contributed by atoms with E-state index in [1.54, 1.807) is 0 Å². The molecule has 1 N–H and O–H groups in total. The number of carboxylic acid groups (broad SMARTS) is 1. The highest BCUT2D eigenvalue weighted by atomic mass is 16.7.